The molecule has 0 amide bonds. The molecule has 0 aromatic carbocycles. The van der Waals surface area contributed by atoms with Gasteiger partial charge in [-0.15, -0.1) is 11.3 Å². The zero-order valence-corrected chi connectivity index (χ0v) is 12.7. The first-order valence-corrected chi connectivity index (χ1v) is 7.78. The van der Waals surface area contributed by atoms with Gasteiger partial charge in [0.05, 0.1) is 3.79 Å². The first-order chi connectivity index (χ1) is 7.76. The van der Waals surface area contributed by atoms with Crippen LogP contribution in [0.5, 0.6) is 0 Å². The SMILES string of the molecule is CCCCCCC(Cc1ccc(Br)s1)NC. The zero-order chi connectivity index (χ0) is 11.8. The van der Waals surface area contributed by atoms with Crippen LogP contribution in [0.2, 0.25) is 0 Å². The van der Waals surface area contributed by atoms with Crippen LogP contribution in [0.4, 0.5) is 0 Å². The van der Waals surface area contributed by atoms with Gasteiger partial charge in [0.2, 0.25) is 0 Å². The van der Waals surface area contributed by atoms with E-state index >= 15 is 0 Å². The molecule has 1 nitrogen and oxygen atoms in total. The van der Waals surface area contributed by atoms with Crippen LogP contribution < -0.4 is 5.32 Å². The summed E-state index contributed by atoms with van der Waals surface area (Å²) in [6.07, 6.45) is 7.89. The summed E-state index contributed by atoms with van der Waals surface area (Å²) in [7, 11) is 2.08. The molecule has 1 aromatic rings. The van der Waals surface area contributed by atoms with Crippen LogP contribution in [0.3, 0.4) is 0 Å². The molecule has 0 aliphatic rings. The summed E-state index contributed by atoms with van der Waals surface area (Å²) in [5.41, 5.74) is 0. The van der Waals surface area contributed by atoms with Crippen molar-refractivity contribution in [3.05, 3.63) is 20.8 Å². The lowest BCUT2D eigenvalue weighted by Gasteiger charge is -2.14. The van der Waals surface area contributed by atoms with E-state index in [1.807, 2.05) is 11.3 Å². The number of nitrogens with one attached hydrogen (secondary N) is 1. The highest BCUT2D eigenvalue weighted by Crippen LogP contribution is 2.23. The first kappa shape index (κ1) is 14.2. The van der Waals surface area contributed by atoms with E-state index in [-0.39, 0.29) is 0 Å². The van der Waals surface area contributed by atoms with Crippen molar-refractivity contribution >= 4 is 27.3 Å². The molecular formula is C13H22BrNS. The van der Waals surface area contributed by atoms with E-state index in [1.54, 1.807) is 0 Å². The van der Waals surface area contributed by atoms with E-state index in [2.05, 4.69) is 47.4 Å². The van der Waals surface area contributed by atoms with Gasteiger partial charge in [0.15, 0.2) is 0 Å². The number of unbranched alkanes of at least 4 members (excludes halogenated alkanes) is 3. The summed E-state index contributed by atoms with van der Waals surface area (Å²) < 4.78 is 1.24. The van der Waals surface area contributed by atoms with Gasteiger partial charge in [-0.25, -0.2) is 0 Å². The number of hydrogen-bond acceptors (Lipinski definition) is 2. The lowest BCUT2D eigenvalue weighted by Crippen LogP contribution is -2.27. The van der Waals surface area contributed by atoms with Gasteiger partial charge in [0.25, 0.3) is 0 Å². The van der Waals surface area contributed by atoms with Crippen molar-refractivity contribution in [3.8, 4) is 0 Å². The van der Waals surface area contributed by atoms with E-state index in [0.717, 1.165) is 0 Å². The molecule has 0 aliphatic carbocycles. The van der Waals surface area contributed by atoms with E-state index in [0.29, 0.717) is 6.04 Å². The van der Waals surface area contributed by atoms with E-state index in [4.69, 9.17) is 0 Å². The van der Waals surface area contributed by atoms with Crippen LogP contribution in [0.1, 0.15) is 43.9 Å². The molecule has 0 radical (unpaired) electrons. The monoisotopic (exact) mass is 303 g/mol. The fraction of sp³-hybridized carbons (Fsp3) is 0.692. The van der Waals surface area contributed by atoms with Gasteiger partial charge < -0.3 is 5.32 Å². The van der Waals surface area contributed by atoms with Crippen LogP contribution in [-0.4, -0.2) is 13.1 Å². The fourth-order valence-electron chi connectivity index (χ4n) is 1.87. The molecule has 0 saturated heterocycles. The normalized spacial score (nSPS) is 12.9. The second-order valence-corrected chi connectivity index (χ2v) is 6.79. The van der Waals surface area contributed by atoms with Gasteiger partial charge in [-0.3, -0.25) is 0 Å². The maximum atomic E-state index is 3.52. The second-order valence-electron chi connectivity index (χ2n) is 4.24. The molecule has 1 rings (SSSR count). The molecule has 1 atom stereocenters. The number of halogens is 1. The molecule has 0 spiro atoms. The Kier molecular flexibility index (Phi) is 7.33. The maximum Gasteiger partial charge on any atom is 0.0701 e. The van der Waals surface area contributed by atoms with E-state index in [1.165, 1.54) is 47.2 Å². The molecule has 92 valence electrons. The largest absolute Gasteiger partial charge is 0.317 e. The minimum atomic E-state index is 0.641. The third-order valence-electron chi connectivity index (χ3n) is 2.89. The summed E-state index contributed by atoms with van der Waals surface area (Å²) in [4.78, 5) is 1.47. The van der Waals surface area contributed by atoms with Gasteiger partial charge >= 0.3 is 0 Å². The summed E-state index contributed by atoms with van der Waals surface area (Å²) in [6.45, 7) is 2.26. The first-order valence-electron chi connectivity index (χ1n) is 6.17. The zero-order valence-electron chi connectivity index (χ0n) is 10.3. The highest BCUT2D eigenvalue weighted by Gasteiger charge is 2.08. The van der Waals surface area contributed by atoms with Crippen molar-refractivity contribution in [2.45, 2.75) is 51.5 Å². The summed E-state index contributed by atoms with van der Waals surface area (Å²) in [5.74, 6) is 0. The average Bonchev–Trinajstić information content (AvgIpc) is 2.68. The number of thiophene rings is 1. The molecule has 1 aromatic heterocycles. The van der Waals surface area contributed by atoms with Crippen molar-refractivity contribution in [1.29, 1.82) is 0 Å². The smallest absolute Gasteiger partial charge is 0.0701 e. The molecule has 0 saturated carbocycles. The minimum Gasteiger partial charge on any atom is -0.317 e. The molecule has 1 unspecified atom stereocenters. The van der Waals surface area contributed by atoms with Gasteiger partial charge in [-0.2, -0.15) is 0 Å². The van der Waals surface area contributed by atoms with Crippen LogP contribution in [0.25, 0.3) is 0 Å². The molecule has 16 heavy (non-hydrogen) atoms. The summed E-state index contributed by atoms with van der Waals surface area (Å²) in [6, 6.07) is 5.01. The third-order valence-corrected chi connectivity index (χ3v) is 4.54. The Morgan fingerprint density at radius 1 is 1.31 bits per heavy atom. The van der Waals surface area contributed by atoms with Gasteiger partial charge in [-0.1, -0.05) is 32.6 Å². The molecule has 1 heterocycles. The van der Waals surface area contributed by atoms with Gasteiger partial charge in [-0.05, 0) is 48.0 Å². The predicted octanol–water partition coefficient (Wildman–Crippen LogP) is 4.61. The molecule has 3 heteroatoms. The van der Waals surface area contributed by atoms with E-state index < -0.39 is 0 Å². The Morgan fingerprint density at radius 3 is 2.69 bits per heavy atom. The maximum absolute atomic E-state index is 3.52. The van der Waals surface area contributed by atoms with Crippen LogP contribution in [0, 0.1) is 0 Å². The van der Waals surface area contributed by atoms with Crippen LogP contribution in [-0.2, 0) is 6.42 Å². The van der Waals surface area contributed by atoms with Crippen molar-refractivity contribution < 1.29 is 0 Å². The fourth-order valence-corrected chi connectivity index (χ4v) is 3.43. The average molecular weight is 304 g/mol. The Balaban J connectivity index is 2.26. The number of likely N-dealkylation sites (N-methyl/N-ethyl adjacent to an activating group) is 1. The number of rotatable bonds is 8. The standard InChI is InChI=1S/C13H22BrNS/c1-3-4-5-6-7-11(15-2)10-12-8-9-13(14)16-12/h8-9,11,15H,3-7,10H2,1-2H3. The van der Waals surface area contributed by atoms with Crippen LogP contribution >= 0.6 is 27.3 Å². The third kappa shape index (κ3) is 5.46. The Bertz CT molecular complexity index is 285. The summed E-state index contributed by atoms with van der Waals surface area (Å²) >= 11 is 5.37. The predicted molar refractivity (Wildman–Crippen MR) is 77.3 cm³/mol. The highest BCUT2D eigenvalue weighted by atomic mass is 79.9. The quantitative estimate of drug-likeness (QED) is 0.691. The van der Waals surface area contributed by atoms with Crippen molar-refractivity contribution in [1.82, 2.24) is 5.32 Å². The summed E-state index contributed by atoms with van der Waals surface area (Å²) in [5, 5.41) is 3.43. The Labute approximate surface area is 112 Å². The molecule has 0 aliphatic heterocycles. The number of hydrogen-bond donors (Lipinski definition) is 1. The molecule has 0 bridgehead atoms. The lowest BCUT2D eigenvalue weighted by molar-refractivity contribution is 0.487. The lowest BCUT2D eigenvalue weighted by atomic mass is 10.0. The van der Waals surface area contributed by atoms with Crippen LogP contribution in [0.15, 0.2) is 15.9 Å². The van der Waals surface area contributed by atoms with Crippen molar-refractivity contribution in [2.75, 3.05) is 7.05 Å². The molecular weight excluding hydrogens is 282 g/mol. The Morgan fingerprint density at radius 2 is 2.12 bits per heavy atom. The second kappa shape index (κ2) is 8.26. The molecule has 0 fully saturated rings. The highest BCUT2D eigenvalue weighted by molar-refractivity contribution is 9.11. The van der Waals surface area contributed by atoms with Crippen molar-refractivity contribution in [3.63, 3.8) is 0 Å². The van der Waals surface area contributed by atoms with E-state index in [9.17, 15) is 0 Å². The minimum absolute atomic E-state index is 0.641. The van der Waals surface area contributed by atoms with Gasteiger partial charge in [0.1, 0.15) is 0 Å². The topological polar surface area (TPSA) is 12.0 Å². The molecule has 1 N–H and O–H groups in total. The van der Waals surface area contributed by atoms with Gasteiger partial charge in [0, 0.05) is 10.9 Å². The van der Waals surface area contributed by atoms with Crippen molar-refractivity contribution in [2.24, 2.45) is 0 Å². The Hall–Kier alpha value is 0.140.